The van der Waals surface area contributed by atoms with Gasteiger partial charge in [0.25, 0.3) is 0 Å². The fourth-order valence-electron chi connectivity index (χ4n) is 3.77. The van der Waals surface area contributed by atoms with Crippen LogP contribution in [0, 0.1) is 10.1 Å². The highest BCUT2D eigenvalue weighted by Gasteiger charge is 2.27. The summed E-state index contributed by atoms with van der Waals surface area (Å²) in [5.74, 6) is 0.690. The minimum Gasteiger partial charge on any atom is -0.378 e. The fraction of sp³-hybridized carbons (Fsp3) is 0.500. The second-order valence-corrected chi connectivity index (χ2v) is 8.94. The van der Waals surface area contributed by atoms with Gasteiger partial charge in [-0.05, 0) is 43.5 Å². The Kier molecular flexibility index (Phi) is 8.81. The number of rotatable bonds is 12. The number of nitrogen functional groups attached to an aromatic ring is 1. The number of carbonyl (C=O) groups excluding carboxylic acids is 1. The molecule has 10 heteroatoms. The highest BCUT2D eigenvalue weighted by molar-refractivity contribution is 7.99. The van der Waals surface area contributed by atoms with Crippen molar-refractivity contribution >= 4 is 35.4 Å². The third kappa shape index (κ3) is 6.39. The van der Waals surface area contributed by atoms with Crippen LogP contribution < -0.4 is 10.6 Å². The van der Waals surface area contributed by atoms with E-state index in [-0.39, 0.29) is 23.9 Å². The summed E-state index contributed by atoms with van der Waals surface area (Å²) in [7, 11) is 0. The van der Waals surface area contributed by atoms with Gasteiger partial charge < -0.3 is 15.4 Å². The molecular weight excluding hydrogens is 428 g/mol. The Balaban J connectivity index is 1.88. The Bertz CT molecular complexity index is 936. The van der Waals surface area contributed by atoms with Crippen molar-refractivity contribution in [2.75, 3.05) is 36.0 Å². The molecule has 1 aromatic carbocycles. The second-order valence-electron chi connectivity index (χ2n) is 7.87. The van der Waals surface area contributed by atoms with E-state index in [0.29, 0.717) is 11.7 Å². The monoisotopic (exact) mass is 458 g/mol. The van der Waals surface area contributed by atoms with E-state index >= 15 is 0 Å². The lowest BCUT2D eigenvalue weighted by Crippen LogP contribution is -2.27. The quantitative estimate of drug-likeness (QED) is 0.127. The predicted molar refractivity (Wildman–Crippen MR) is 127 cm³/mol. The van der Waals surface area contributed by atoms with Crippen molar-refractivity contribution in [2.45, 2.75) is 50.9 Å². The van der Waals surface area contributed by atoms with Gasteiger partial charge in [0.15, 0.2) is 5.16 Å². The van der Waals surface area contributed by atoms with E-state index in [4.69, 9.17) is 5.73 Å². The van der Waals surface area contributed by atoms with E-state index in [0.717, 1.165) is 50.1 Å². The van der Waals surface area contributed by atoms with E-state index in [1.807, 2.05) is 12.1 Å². The molecule has 0 spiro atoms. The standard InChI is InChI=1S/C22H30N6O3S/c1-2-3-13-32-22-24-20(23)19(28(30)31)21(25-22)27(11-12-29)16-18-8-6-7-17(14-18)15-26-9-4-5-10-26/h6-8,12,14H,2-5,9-11,13,15-16H2,1H3,(H2,23,24,25). The Morgan fingerprint density at radius 1 is 1.28 bits per heavy atom. The Hall–Kier alpha value is -2.72. The SMILES string of the molecule is CCCCSc1nc(N)c([N+](=O)[O-])c(N(CC=O)Cc2cccc(CN3CCCC3)c2)n1. The number of unbranched alkanes of at least 4 members (excludes halogenated alkanes) is 1. The van der Waals surface area contributed by atoms with Gasteiger partial charge in [-0.15, -0.1) is 0 Å². The molecule has 0 aliphatic carbocycles. The van der Waals surface area contributed by atoms with E-state index < -0.39 is 4.92 Å². The van der Waals surface area contributed by atoms with Gasteiger partial charge in [0, 0.05) is 18.8 Å². The van der Waals surface area contributed by atoms with Gasteiger partial charge >= 0.3 is 5.69 Å². The molecule has 1 aliphatic heterocycles. The zero-order valence-electron chi connectivity index (χ0n) is 18.4. The molecule has 0 radical (unpaired) electrons. The third-order valence-electron chi connectivity index (χ3n) is 5.35. The van der Waals surface area contributed by atoms with Crippen LogP contribution in [0.25, 0.3) is 0 Å². The lowest BCUT2D eigenvalue weighted by molar-refractivity contribution is -0.383. The number of nitrogens with zero attached hydrogens (tertiary/aromatic N) is 5. The summed E-state index contributed by atoms with van der Waals surface area (Å²) in [6, 6.07) is 8.11. The number of anilines is 2. The summed E-state index contributed by atoms with van der Waals surface area (Å²) in [5.41, 5.74) is 7.72. The molecule has 0 atom stereocenters. The minimum atomic E-state index is -0.577. The first-order valence-electron chi connectivity index (χ1n) is 10.9. The molecule has 3 rings (SSSR count). The second kappa shape index (κ2) is 11.8. The smallest absolute Gasteiger partial charge is 0.353 e. The molecule has 1 aliphatic rings. The van der Waals surface area contributed by atoms with Crippen LogP contribution >= 0.6 is 11.8 Å². The van der Waals surface area contributed by atoms with E-state index in [2.05, 4.69) is 33.9 Å². The number of carbonyl (C=O) groups is 1. The van der Waals surface area contributed by atoms with Gasteiger partial charge in [0.1, 0.15) is 6.29 Å². The van der Waals surface area contributed by atoms with Crippen molar-refractivity contribution in [3.63, 3.8) is 0 Å². The molecule has 2 N–H and O–H groups in total. The first-order valence-corrected chi connectivity index (χ1v) is 11.9. The van der Waals surface area contributed by atoms with Crippen LogP contribution in [0.4, 0.5) is 17.3 Å². The van der Waals surface area contributed by atoms with Crippen LogP contribution in [0.3, 0.4) is 0 Å². The van der Waals surface area contributed by atoms with Crippen LogP contribution in [0.15, 0.2) is 29.4 Å². The molecule has 2 heterocycles. The summed E-state index contributed by atoms with van der Waals surface area (Å²) in [6.07, 6.45) is 5.17. The lowest BCUT2D eigenvalue weighted by atomic mass is 10.1. The number of aromatic nitrogens is 2. The summed E-state index contributed by atoms with van der Waals surface area (Å²) in [4.78, 5) is 35.2. The zero-order chi connectivity index (χ0) is 22.9. The lowest BCUT2D eigenvalue weighted by Gasteiger charge is -2.22. The Labute approximate surface area is 192 Å². The fourth-order valence-corrected chi connectivity index (χ4v) is 4.70. The van der Waals surface area contributed by atoms with Gasteiger partial charge in [-0.2, -0.15) is 9.97 Å². The predicted octanol–water partition coefficient (Wildman–Crippen LogP) is 3.66. The van der Waals surface area contributed by atoms with Crippen molar-refractivity contribution in [3.05, 3.63) is 45.5 Å². The molecular formula is C22H30N6O3S. The molecule has 0 bridgehead atoms. The summed E-state index contributed by atoms with van der Waals surface area (Å²) in [6.45, 7) is 5.44. The third-order valence-corrected chi connectivity index (χ3v) is 6.28. The molecule has 172 valence electrons. The Morgan fingerprint density at radius 2 is 2.03 bits per heavy atom. The molecule has 2 aromatic rings. The molecule has 1 aromatic heterocycles. The molecule has 0 amide bonds. The van der Waals surface area contributed by atoms with E-state index in [1.165, 1.54) is 30.2 Å². The Morgan fingerprint density at radius 3 is 2.72 bits per heavy atom. The maximum Gasteiger partial charge on any atom is 0.353 e. The van der Waals surface area contributed by atoms with Gasteiger partial charge in [0.2, 0.25) is 11.6 Å². The first kappa shape index (κ1) is 23.9. The molecule has 0 unspecified atom stereocenters. The number of benzene rings is 1. The average Bonchev–Trinajstić information content (AvgIpc) is 3.26. The number of nitrogens with two attached hydrogens (primary N) is 1. The van der Waals surface area contributed by atoms with Crippen molar-refractivity contribution < 1.29 is 9.72 Å². The minimum absolute atomic E-state index is 0.0350. The molecule has 9 nitrogen and oxygen atoms in total. The molecule has 1 saturated heterocycles. The number of thioether (sulfide) groups is 1. The normalized spacial score (nSPS) is 13.9. The topological polar surface area (TPSA) is 118 Å². The van der Waals surface area contributed by atoms with Crippen molar-refractivity contribution in [3.8, 4) is 0 Å². The van der Waals surface area contributed by atoms with E-state index in [9.17, 15) is 14.9 Å². The van der Waals surface area contributed by atoms with Crippen LogP contribution in [0.1, 0.15) is 43.7 Å². The van der Waals surface area contributed by atoms with Gasteiger partial charge in [-0.3, -0.25) is 15.0 Å². The number of nitro groups is 1. The van der Waals surface area contributed by atoms with Crippen LogP contribution in [-0.4, -0.2) is 51.5 Å². The molecule has 1 fully saturated rings. The maximum atomic E-state index is 11.7. The zero-order valence-corrected chi connectivity index (χ0v) is 19.2. The van der Waals surface area contributed by atoms with E-state index in [1.54, 1.807) is 4.90 Å². The van der Waals surface area contributed by atoms with Crippen molar-refractivity contribution in [1.29, 1.82) is 0 Å². The molecule has 32 heavy (non-hydrogen) atoms. The van der Waals surface area contributed by atoms with Crippen LogP contribution in [0.2, 0.25) is 0 Å². The summed E-state index contributed by atoms with van der Waals surface area (Å²) >= 11 is 1.41. The van der Waals surface area contributed by atoms with Gasteiger partial charge in [0.05, 0.1) is 11.5 Å². The van der Waals surface area contributed by atoms with Gasteiger partial charge in [-0.1, -0.05) is 49.4 Å². The highest BCUT2D eigenvalue weighted by atomic mass is 32.2. The van der Waals surface area contributed by atoms with Crippen molar-refractivity contribution in [2.24, 2.45) is 0 Å². The van der Waals surface area contributed by atoms with Crippen LogP contribution in [-0.2, 0) is 17.9 Å². The largest absolute Gasteiger partial charge is 0.378 e. The summed E-state index contributed by atoms with van der Waals surface area (Å²) in [5, 5.41) is 12.1. The highest BCUT2D eigenvalue weighted by Crippen LogP contribution is 2.34. The number of hydrogen-bond acceptors (Lipinski definition) is 9. The first-order chi connectivity index (χ1) is 15.5. The molecule has 0 saturated carbocycles. The summed E-state index contributed by atoms with van der Waals surface area (Å²) < 4.78 is 0. The average molecular weight is 459 g/mol. The number of aldehydes is 1. The number of likely N-dealkylation sites (tertiary alicyclic amines) is 1. The van der Waals surface area contributed by atoms with Gasteiger partial charge in [-0.25, -0.2) is 0 Å². The maximum absolute atomic E-state index is 11.7. The number of hydrogen-bond donors (Lipinski definition) is 1. The van der Waals surface area contributed by atoms with Crippen molar-refractivity contribution in [1.82, 2.24) is 14.9 Å². The van der Waals surface area contributed by atoms with Crippen LogP contribution in [0.5, 0.6) is 0 Å².